The number of nitrogens with one attached hydrogen (secondary N) is 1. The van der Waals surface area contributed by atoms with E-state index in [1.165, 1.54) is 6.33 Å². The number of benzene rings is 1. The first-order valence-electron chi connectivity index (χ1n) is 7.37. The topological polar surface area (TPSA) is 77.0 Å². The number of para-hydroxylation sites is 1. The van der Waals surface area contributed by atoms with Crippen molar-refractivity contribution in [1.82, 2.24) is 14.5 Å². The molecule has 0 saturated carbocycles. The number of carbonyl (C=O) groups is 2. The van der Waals surface area contributed by atoms with Crippen LogP contribution in [0, 0.1) is 0 Å². The average Bonchev–Trinajstić information content (AvgIpc) is 3.18. The van der Waals surface area contributed by atoms with Crippen LogP contribution in [-0.4, -0.2) is 32.9 Å². The molecule has 0 atom stereocenters. The standard InChI is InChI=1S/C17H17N3O3/c1-3-11-5-4-6-12-13(7-18-16(11)12)15(21)9-23-17(22)14-8-20(2)10-19-14/h4-8,10,18H,3,9H2,1-2H3. The van der Waals surface area contributed by atoms with Crippen LogP contribution in [0.3, 0.4) is 0 Å². The maximum absolute atomic E-state index is 12.3. The molecular formula is C17H17N3O3. The normalized spacial score (nSPS) is 10.9. The Kier molecular flexibility index (Phi) is 3.97. The molecule has 1 N–H and O–H groups in total. The fourth-order valence-corrected chi connectivity index (χ4v) is 2.54. The summed E-state index contributed by atoms with van der Waals surface area (Å²) >= 11 is 0. The summed E-state index contributed by atoms with van der Waals surface area (Å²) in [7, 11) is 1.76. The van der Waals surface area contributed by atoms with Crippen molar-refractivity contribution >= 4 is 22.7 Å². The highest BCUT2D eigenvalue weighted by atomic mass is 16.5. The number of fused-ring (bicyclic) bond motifs is 1. The molecular weight excluding hydrogens is 294 g/mol. The number of aryl methyl sites for hydroxylation is 2. The third-order valence-electron chi connectivity index (χ3n) is 3.73. The predicted octanol–water partition coefficient (Wildman–Crippen LogP) is 2.50. The number of ether oxygens (including phenoxy) is 1. The fourth-order valence-electron chi connectivity index (χ4n) is 2.54. The van der Waals surface area contributed by atoms with Gasteiger partial charge in [0.1, 0.15) is 0 Å². The van der Waals surface area contributed by atoms with Crippen LogP contribution in [0.2, 0.25) is 0 Å². The average molecular weight is 311 g/mol. The van der Waals surface area contributed by atoms with Crippen LogP contribution in [0.5, 0.6) is 0 Å². The molecule has 0 amide bonds. The zero-order chi connectivity index (χ0) is 16.4. The first-order valence-corrected chi connectivity index (χ1v) is 7.37. The van der Waals surface area contributed by atoms with Crippen molar-refractivity contribution in [3.05, 3.63) is 53.7 Å². The number of ketones is 1. The Balaban J connectivity index is 1.75. The van der Waals surface area contributed by atoms with Gasteiger partial charge >= 0.3 is 5.97 Å². The number of hydrogen-bond donors (Lipinski definition) is 1. The van der Waals surface area contributed by atoms with Crippen LogP contribution in [-0.2, 0) is 18.2 Å². The minimum atomic E-state index is -0.604. The molecule has 2 aromatic heterocycles. The molecule has 0 spiro atoms. The molecule has 0 saturated heterocycles. The van der Waals surface area contributed by atoms with Crippen LogP contribution in [0.1, 0.15) is 33.3 Å². The van der Waals surface area contributed by atoms with Gasteiger partial charge in [-0.2, -0.15) is 0 Å². The number of carbonyl (C=O) groups excluding carboxylic acids is 2. The number of hydrogen-bond acceptors (Lipinski definition) is 4. The highest BCUT2D eigenvalue weighted by Gasteiger charge is 2.17. The molecule has 6 heteroatoms. The number of esters is 1. The van der Waals surface area contributed by atoms with Crippen molar-refractivity contribution in [3.8, 4) is 0 Å². The lowest BCUT2D eigenvalue weighted by Crippen LogP contribution is -2.14. The highest BCUT2D eigenvalue weighted by Crippen LogP contribution is 2.22. The van der Waals surface area contributed by atoms with Gasteiger partial charge in [0.25, 0.3) is 0 Å². The van der Waals surface area contributed by atoms with Gasteiger partial charge in [0.2, 0.25) is 5.78 Å². The maximum atomic E-state index is 12.3. The molecule has 2 heterocycles. The molecule has 23 heavy (non-hydrogen) atoms. The zero-order valence-corrected chi connectivity index (χ0v) is 13.0. The van der Waals surface area contributed by atoms with E-state index in [9.17, 15) is 9.59 Å². The summed E-state index contributed by atoms with van der Waals surface area (Å²) in [4.78, 5) is 31.2. The van der Waals surface area contributed by atoms with E-state index in [0.29, 0.717) is 5.56 Å². The molecule has 0 unspecified atom stereocenters. The second kappa shape index (κ2) is 6.08. The van der Waals surface area contributed by atoms with Gasteiger partial charge in [0, 0.05) is 35.9 Å². The van der Waals surface area contributed by atoms with Gasteiger partial charge < -0.3 is 14.3 Å². The molecule has 6 nitrogen and oxygen atoms in total. The van der Waals surface area contributed by atoms with Crippen LogP contribution < -0.4 is 0 Å². The predicted molar refractivity (Wildman–Crippen MR) is 85.5 cm³/mol. The first kappa shape index (κ1) is 15.0. The number of imidazole rings is 1. The van der Waals surface area contributed by atoms with Crippen LogP contribution >= 0.6 is 0 Å². The molecule has 3 rings (SSSR count). The van der Waals surface area contributed by atoms with Crippen molar-refractivity contribution < 1.29 is 14.3 Å². The van der Waals surface area contributed by atoms with E-state index in [2.05, 4.69) is 16.9 Å². The molecule has 0 fully saturated rings. The van der Waals surface area contributed by atoms with Crippen LogP contribution in [0.25, 0.3) is 10.9 Å². The van der Waals surface area contributed by atoms with E-state index in [4.69, 9.17) is 4.74 Å². The Morgan fingerprint density at radius 1 is 1.35 bits per heavy atom. The number of aromatic nitrogens is 3. The summed E-state index contributed by atoms with van der Waals surface area (Å²) in [6.45, 7) is 1.75. The van der Waals surface area contributed by atoms with E-state index in [-0.39, 0.29) is 18.1 Å². The lowest BCUT2D eigenvalue weighted by Gasteiger charge is -2.03. The summed E-state index contributed by atoms with van der Waals surface area (Å²) in [6, 6.07) is 5.83. The van der Waals surface area contributed by atoms with Crippen molar-refractivity contribution in [2.75, 3.05) is 6.61 Å². The second-order valence-electron chi connectivity index (χ2n) is 5.32. The number of nitrogens with zero attached hydrogens (tertiary/aromatic N) is 2. The van der Waals surface area contributed by atoms with Gasteiger partial charge in [-0.05, 0) is 12.0 Å². The minimum Gasteiger partial charge on any atom is -0.453 e. The molecule has 0 aliphatic carbocycles. The Hall–Kier alpha value is -2.89. The second-order valence-corrected chi connectivity index (χ2v) is 5.32. The lowest BCUT2D eigenvalue weighted by atomic mass is 10.1. The summed E-state index contributed by atoms with van der Waals surface area (Å²) in [5.74, 6) is -0.846. The Morgan fingerprint density at radius 2 is 2.17 bits per heavy atom. The molecule has 3 aromatic rings. The van der Waals surface area contributed by atoms with Gasteiger partial charge in [-0.1, -0.05) is 25.1 Å². The summed E-state index contributed by atoms with van der Waals surface area (Å²) in [5, 5.41) is 0.850. The smallest absolute Gasteiger partial charge is 0.358 e. The summed E-state index contributed by atoms with van der Waals surface area (Å²) in [5.41, 5.74) is 2.82. The van der Waals surface area contributed by atoms with Gasteiger partial charge in [0.15, 0.2) is 12.3 Å². The Bertz CT molecular complexity index is 876. The van der Waals surface area contributed by atoms with Gasteiger partial charge in [-0.25, -0.2) is 9.78 Å². The Morgan fingerprint density at radius 3 is 2.87 bits per heavy atom. The number of rotatable bonds is 5. The third kappa shape index (κ3) is 2.88. The fraction of sp³-hybridized carbons (Fsp3) is 0.235. The summed E-state index contributed by atoms with van der Waals surface area (Å²) < 4.78 is 6.70. The Labute approximate surface area is 133 Å². The van der Waals surface area contributed by atoms with E-state index in [1.54, 1.807) is 24.0 Å². The highest BCUT2D eigenvalue weighted by molar-refractivity contribution is 6.09. The number of aromatic amines is 1. The van der Waals surface area contributed by atoms with Crippen LogP contribution in [0.4, 0.5) is 0 Å². The lowest BCUT2D eigenvalue weighted by molar-refractivity contribution is 0.0470. The quantitative estimate of drug-likeness (QED) is 0.580. The van der Waals surface area contributed by atoms with E-state index >= 15 is 0 Å². The SMILES string of the molecule is CCc1cccc2c(C(=O)COC(=O)c3cn(C)cn3)c[nH]c12. The van der Waals surface area contributed by atoms with Crippen molar-refractivity contribution in [1.29, 1.82) is 0 Å². The van der Waals surface area contributed by atoms with Crippen molar-refractivity contribution in [3.63, 3.8) is 0 Å². The van der Waals surface area contributed by atoms with Gasteiger partial charge in [0.05, 0.1) is 6.33 Å². The summed E-state index contributed by atoms with van der Waals surface area (Å²) in [6.07, 6.45) is 5.59. The monoisotopic (exact) mass is 311 g/mol. The van der Waals surface area contributed by atoms with Crippen molar-refractivity contribution in [2.24, 2.45) is 7.05 Å². The van der Waals surface area contributed by atoms with Gasteiger partial charge in [-0.15, -0.1) is 0 Å². The molecule has 1 aromatic carbocycles. The van der Waals surface area contributed by atoms with Gasteiger partial charge in [-0.3, -0.25) is 4.79 Å². The molecule has 118 valence electrons. The minimum absolute atomic E-state index is 0.187. The number of H-pyrrole nitrogens is 1. The maximum Gasteiger partial charge on any atom is 0.358 e. The van der Waals surface area contributed by atoms with E-state index in [1.807, 2.05) is 18.2 Å². The first-order chi connectivity index (χ1) is 11.1. The molecule has 0 aliphatic rings. The third-order valence-corrected chi connectivity index (χ3v) is 3.73. The molecule has 0 radical (unpaired) electrons. The van der Waals surface area contributed by atoms with Crippen molar-refractivity contribution in [2.45, 2.75) is 13.3 Å². The zero-order valence-electron chi connectivity index (χ0n) is 13.0. The number of Topliss-reactive ketones (excluding diaryl/α,β-unsaturated/α-hetero) is 1. The van der Waals surface area contributed by atoms with Crippen LogP contribution in [0.15, 0.2) is 36.9 Å². The largest absolute Gasteiger partial charge is 0.453 e. The van der Waals surface area contributed by atoms with E-state index in [0.717, 1.165) is 22.9 Å². The molecule has 0 bridgehead atoms. The van der Waals surface area contributed by atoms with E-state index < -0.39 is 5.97 Å². The molecule has 0 aliphatic heterocycles.